The average molecular weight is 335 g/mol. The van der Waals surface area contributed by atoms with Gasteiger partial charge in [-0.25, -0.2) is 0 Å². The van der Waals surface area contributed by atoms with E-state index in [2.05, 4.69) is 20.4 Å². The van der Waals surface area contributed by atoms with Gasteiger partial charge in [-0.05, 0) is 18.6 Å². The number of rotatable bonds is 3. The van der Waals surface area contributed by atoms with Crippen LogP contribution in [-0.4, -0.2) is 28.4 Å². The molecule has 6 nitrogen and oxygen atoms in total. The SMILES string of the molecule is N#Cc1cnn(C2CCNN=C2c2cccc(OC(F)(F)F)c2)c1. The lowest BCUT2D eigenvalue weighted by Gasteiger charge is -2.24. The van der Waals surface area contributed by atoms with Crippen molar-refractivity contribution in [1.82, 2.24) is 15.2 Å². The summed E-state index contributed by atoms with van der Waals surface area (Å²) in [7, 11) is 0. The van der Waals surface area contributed by atoms with Crippen molar-refractivity contribution in [3.63, 3.8) is 0 Å². The van der Waals surface area contributed by atoms with Gasteiger partial charge in [0.05, 0.1) is 23.5 Å². The first-order chi connectivity index (χ1) is 11.5. The fourth-order valence-electron chi connectivity index (χ4n) is 2.49. The number of hydrogen-bond acceptors (Lipinski definition) is 5. The smallest absolute Gasteiger partial charge is 0.406 e. The molecule has 0 saturated carbocycles. The number of nitrogens with zero attached hydrogens (tertiary/aromatic N) is 4. The third-order valence-electron chi connectivity index (χ3n) is 3.46. The van der Waals surface area contributed by atoms with Crippen LogP contribution in [0.2, 0.25) is 0 Å². The van der Waals surface area contributed by atoms with Crippen molar-refractivity contribution in [3.05, 3.63) is 47.8 Å². The summed E-state index contributed by atoms with van der Waals surface area (Å²) in [6, 6.07) is 7.33. The van der Waals surface area contributed by atoms with Gasteiger partial charge in [-0.15, -0.1) is 13.2 Å². The molecule has 24 heavy (non-hydrogen) atoms. The van der Waals surface area contributed by atoms with E-state index in [1.54, 1.807) is 16.9 Å². The predicted molar refractivity (Wildman–Crippen MR) is 78.3 cm³/mol. The topological polar surface area (TPSA) is 75.2 Å². The summed E-state index contributed by atoms with van der Waals surface area (Å²) < 4.78 is 42.7. The van der Waals surface area contributed by atoms with Crippen LogP contribution < -0.4 is 10.2 Å². The summed E-state index contributed by atoms with van der Waals surface area (Å²) in [4.78, 5) is 0. The van der Waals surface area contributed by atoms with Crippen molar-refractivity contribution >= 4 is 5.71 Å². The first-order valence-corrected chi connectivity index (χ1v) is 7.07. The summed E-state index contributed by atoms with van der Waals surface area (Å²) >= 11 is 0. The van der Waals surface area contributed by atoms with Gasteiger partial charge < -0.3 is 10.2 Å². The molecule has 0 aliphatic carbocycles. The number of halogens is 3. The first kappa shape index (κ1) is 15.9. The standard InChI is InChI=1S/C15H12F3N5O/c16-15(17,18)24-12-3-1-2-11(6-12)14-13(4-5-20-22-14)23-9-10(7-19)8-21-23/h1-3,6,8-9,13,20H,4-5H2. The highest BCUT2D eigenvalue weighted by molar-refractivity contribution is 6.03. The number of benzene rings is 1. The molecule has 0 saturated heterocycles. The van der Waals surface area contributed by atoms with Crippen LogP contribution in [0.4, 0.5) is 13.2 Å². The van der Waals surface area contributed by atoms with Crippen molar-refractivity contribution in [1.29, 1.82) is 5.26 Å². The summed E-state index contributed by atoms with van der Waals surface area (Å²) in [5.74, 6) is -0.315. The predicted octanol–water partition coefficient (Wildman–Crippen LogP) is 2.59. The first-order valence-electron chi connectivity index (χ1n) is 7.07. The highest BCUT2D eigenvalue weighted by Crippen LogP contribution is 2.27. The van der Waals surface area contributed by atoms with E-state index in [0.29, 0.717) is 29.8 Å². The Kier molecular flexibility index (Phi) is 4.12. The van der Waals surface area contributed by atoms with Gasteiger partial charge in [0.15, 0.2) is 0 Å². The Bertz CT molecular complexity index is 806. The summed E-state index contributed by atoms with van der Waals surface area (Å²) in [6.45, 7) is 0.592. The quantitative estimate of drug-likeness (QED) is 0.935. The van der Waals surface area contributed by atoms with Crippen LogP contribution in [0, 0.1) is 11.3 Å². The summed E-state index contributed by atoms with van der Waals surface area (Å²) in [5, 5.41) is 17.3. The second kappa shape index (κ2) is 6.23. The van der Waals surface area contributed by atoms with Gasteiger partial charge in [0.2, 0.25) is 0 Å². The Hall–Kier alpha value is -3.02. The summed E-state index contributed by atoms with van der Waals surface area (Å²) in [5.41, 5.74) is 4.26. The van der Waals surface area contributed by atoms with Crippen molar-refractivity contribution < 1.29 is 17.9 Å². The molecule has 2 heterocycles. The van der Waals surface area contributed by atoms with Crippen molar-refractivity contribution in [3.8, 4) is 11.8 Å². The molecule has 124 valence electrons. The Morgan fingerprint density at radius 3 is 2.92 bits per heavy atom. The molecule has 1 aliphatic rings. The number of aromatic nitrogens is 2. The fraction of sp³-hybridized carbons (Fsp3) is 0.267. The Morgan fingerprint density at radius 2 is 2.21 bits per heavy atom. The molecule has 0 fully saturated rings. The molecular formula is C15H12F3N5O. The fourth-order valence-corrected chi connectivity index (χ4v) is 2.49. The van der Waals surface area contributed by atoms with Crippen molar-refractivity contribution in [2.75, 3.05) is 6.54 Å². The van der Waals surface area contributed by atoms with Gasteiger partial charge in [-0.1, -0.05) is 12.1 Å². The molecular weight excluding hydrogens is 323 g/mol. The van der Waals surface area contributed by atoms with Crippen LogP contribution in [0.5, 0.6) is 5.75 Å². The zero-order chi connectivity index (χ0) is 17.2. The minimum absolute atomic E-state index is 0.283. The molecule has 0 amide bonds. The number of nitrogens with one attached hydrogen (secondary N) is 1. The molecule has 1 atom stereocenters. The van der Waals surface area contributed by atoms with E-state index >= 15 is 0 Å². The van der Waals surface area contributed by atoms with Gasteiger partial charge in [0, 0.05) is 18.3 Å². The monoisotopic (exact) mass is 335 g/mol. The molecule has 0 radical (unpaired) electrons. The molecule has 9 heteroatoms. The zero-order valence-electron chi connectivity index (χ0n) is 12.3. The van der Waals surface area contributed by atoms with Gasteiger partial charge in [-0.3, -0.25) is 4.68 Å². The highest BCUT2D eigenvalue weighted by Gasteiger charge is 2.31. The van der Waals surface area contributed by atoms with Crippen LogP contribution in [0.3, 0.4) is 0 Å². The summed E-state index contributed by atoms with van der Waals surface area (Å²) in [6.07, 6.45) is -1.10. The third kappa shape index (κ3) is 3.48. The second-order valence-corrected chi connectivity index (χ2v) is 5.11. The minimum atomic E-state index is -4.76. The van der Waals surface area contributed by atoms with E-state index in [1.165, 1.54) is 24.4 Å². The molecule has 3 rings (SSSR count). The van der Waals surface area contributed by atoms with Crippen LogP contribution in [0.15, 0.2) is 41.8 Å². The highest BCUT2D eigenvalue weighted by atomic mass is 19.4. The van der Waals surface area contributed by atoms with Gasteiger partial charge >= 0.3 is 6.36 Å². The van der Waals surface area contributed by atoms with E-state index < -0.39 is 6.36 Å². The lowest BCUT2D eigenvalue weighted by atomic mass is 9.99. The molecule has 0 bridgehead atoms. The Labute approximate surface area is 135 Å². The molecule has 1 aromatic carbocycles. The molecule has 1 aromatic heterocycles. The van der Waals surface area contributed by atoms with E-state index in [1.807, 2.05) is 6.07 Å². The largest absolute Gasteiger partial charge is 0.573 e. The lowest BCUT2D eigenvalue weighted by molar-refractivity contribution is -0.274. The van der Waals surface area contributed by atoms with Gasteiger partial charge in [0.25, 0.3) is 0 Å². The number of hydrogen-bond donors (Lipinski definition) is 1. The maximum Gasteiger partial charge on any atom is 0.573 e. The number of hydrazone groups is 1. The minimum Gasteiger partial charge on any atom is -0.406 e. The molecule has 1 unspecified atom stereocenters. The Balaban J connectivity index is 1.92. The lowest BCUT2D eigenvalue weighted by Crippen LogP contribution is -2.31. The van der Waals surface area contributed by atoms with Gasteiger partial charge in [0.1, 0.15) is 11.8 Å². The normalized spacial score (nSPS) is 17.6. The van der Waals surface area contributed by atoms with E-state index in [-0.39, 0.29) is 11.8 Å². The van der Waals surface area contributed by atoms with Crippen LogP contribution in [-0.2, 0) is 0 Å². The van der Waals surface area contributed by atoms with Crippen LogP contribution >= 0.6 is 0 Å². The molecule has 2 aromatic rings. The molecule has 1 N–H and O–H groups in total. The van der Waals surface area contributed by atoms with Crippen LogP contribution in [0.25, 0.3) is 0 Å². The van der Waals surface area contributed by atoms with Crippen LogP contribution in [0.1, 0.15) is 23.6 Å². The van der Waals surface area contributed by atoms with Crippen molar-refractivity contribution in [2.45, 2.75) is 18.8 Å². The number of ether oxygens (including phenoxy) is 1. The Morgan fingerprint density at radius 1 is 1.38 bits per heavy atom. The van der Waals surface area contributed by atoms with Gasteiger partial charge in [-0.2, -0.15) is 15.5 Å². The maximum absolute atomic E-state index is 12.4. The number of nitriles is 1. The average Bonchev–Trinajstić information content (AvgIpc) is 3.02. The van der Waals surface area contributed by atoms with E-state index in [0.717, 1.165) is 0 Å². The second-order valence-electron chi connectivity index (χ2n) is 5.11. The number of alkyl halides is 3. The molecule has 1 aliphatic heterocycles. The maximum atomic E-state index is 12.4. The molecule has 0 spiro atoms. The zero-order valence-corrected chi connectivity index (χ0v) is 12.3. The third-order valence-corrected chi connectivity index (χ3v) is 3.46. The van der Waals surface area contributed by atoms with E-state index in [4.69, 9.17) is 5.26 Å². The van der Waals surface area contributed by atoms with Crippen molar-refractivity contribution in [2.24, 2.45) is 5.10 Å². The van der Waals surface area contributed by atoms with E-state index in [9.17, 15) is 13.2 Å².